The minimum atomic E-state index is -4.44. The van der Waals surface area contributed by atoms with Crippen molar-refractivity contribution in [2.75, 3.05) is 23.4 Å². The lowest BCUT2D eigenvalue weighted by Gasteiger charge is -2.21. The average molecular weight is 398 g/mol. The highest BCUT2D eigenvalue weighted by Gasteiger charge is 2.29. The molecule has 3 rings (SSSR count). The highest BCUT2D eigenvalue weighted by molar-refractivity contribution is 8.00. The second-order valence-corrected chi connectivity index (χ2v) is 6.45. The lowest BCUT2D eigenvalue weighted by molar-refractivity contribution is -0.106. The van der Waals surface area contributed by atoms with E-state index in [0.29, 0.717) is 31.1 Å². The van der Waals surface area contributed by atoms with Crippen LogP contribution < -0.4 is 19.7 Å². The smallest absolute Gasteiger partial charge is 0.446 e. The first-order valence-electron chi connectivity index (χ1n) is 7.67. The molecule has 0 aromatic heterocycles. The van der Waals surface area contributed by atoms with E-state index < -0.39 is 11.5 Å². The van der Waals surface area contributed by atoms with Gasteiger partial charge in [0.1, 0.15) is 13.2 Å². The van der Waals surface area contributed by atoms with Crippen LogP contribution in [-0.2, 0) is 4.79 Å². The van der Waals surface area contributed by atoms with Gasteiger partial charge >= 0.3 is 11.5 Å². The Kier molecular flexibility index (Phi) is 5.45. The highest BCUT2D eigenvalue weighted by Crippen LogP contribution is 2.38. The molecule has 0 radical (unpaired) electrons. The number of imide groups is 1. The molecule has 10 heteroatoms. The predicted molar refractivity (Wildman–Crippen MR) is 93.3 cm³/mol. The summed E-state index contributed by atoms with van der Waals surface area (Å²) in [7, 11) is 0. The van der Waals surface area contributed by atoms with Crippen LogP contribution in [0.1, 0.15) is 0 Å². The van der Waals surface area contributed by atoms with Gasteiger partial charge in [0, 0.05) is 16.6 Å². The lowest BCUT2D eigenvalue weighted by atomic mass is 10.2. The van der Waals surface area contributed by atoms with Crippen LogP contribution in [0.2, 0.25) is 0 Å². The number of rotatable bonds is 4. The van der Waals surface area contributed by atoms with Crippen molar-refractivity contribution in [3.63, 3.8) is 0 Å². The minimum absolute atomic E-state index is 0.0858. The number of fused-ring (bicyclic) bond motifs is 1. The number of amides is 3. The molecule has 3 amide bonds. The number of alkyl halides is 3. The summed E-state index contributed by atoms with van der Waals surface area (Å²) in [5, 5.41) is 2.40. The molecule has 1 heterocycles. The van der Waals surface area contributed by atoms with E-state index in [2.05, 4.69) is 5.32 Å². The van der Waals surface area contributed by atoms with Gasteiger partial charge in [-0.15, -0.1) is 0 Å². The van der Waals surface area contributed by atoms with Gasteiger partial charge in [-0.2, -0.15) is 13.2 Å². The van der Waals surface area contributed by atoms with E-state index in [1.54, 1.807) is 6.07 Å². The van der Waals surface area contributed by atoms with Gasteiger partial charge in [0.2, 0.25) is 6.41 Å². The summed E-state index contributed by atoms with van der Waals surface area (Å²) < 4.78 is 48.2. The normalized spacial score (nSPS) is 13.0. The fourth-order valence-electron chi connectivity index (χ4n) is 2.36. The van der Waals surface area contributed by atoms with Crippen molar-refractivity contribution in [3.8, 4) is 11.5 Å². The molecule has 0 spiro atoms. The van der Waals surface area contributed by atoms with Crippen LogP contribution in [-0.4, -0.2) is 31.2 Å². The van der Waals surface area contributed by atoms with Crippen molar-refractivity contribution in [1.29, 1.82) is 0 Å². The Morgan fingerprint density at radius 2 is 1.85 bits per heavy atom. The monoisotopic (exact) mass is 398 g/mol. The Labute approximate surface area is 156 Å². The summed E-state index contributed by atoms with van der Waals surface area (Å²) in [5.41, 5.74) is -4.09. The van der Waals surface area contributed by atoms with E-state index in [9.17, 15) is 22.8 Å². The van der Waals surface area contributed by atoms with Gasteiger partial charge in [-0.3, -0.25) is 4.79 Å². The van der Waals surface area contributed by atoms with Crippen molar-refractivity contribution in [2.45, 2.75) is 10.4 Å². The Bertz CT molecular complexity index is 860. The SMILES string of the molecule is O=CN(C(=O)Nc1cccc(SC(F)(F)F)c1)c1ccc2c(c1)OCCO2. The third kappa shape index (κ3) is 4.85. The minimum Gasteiger partial charge on any atom is -0.486 e. The second-order valence-electron chi connectivity index (χ2n) is 5.31. The van der Waals surface area contributed by atoms with Crippen LogP contribution in [0, 0.1) is 0 Å². The molecule has 1 aliphatic heterocycles. The van der Waals surface area contributed by atoms with Gasteiger partial charge in [-0.05, 0) is 42.1 Å². The van der Waals surface area contributed by atoms with Gasteiger partial charge in [0.15, 0.2) is 11.5 Å². The fourth-order valence-corrected chi connectivity index (χ4v) is 2.96. The molecule has 0 aliphatic carbocycles. The largest absolute Gasteiger partial charge is 0.486 e. The van der Waals surface area contributed by atoms with Crippen molar-refractivity contribution in [3.05, 3.63) is 42.5 Å². The van der Waals surface area contributed by atoms with Crippen LogP contribution in [0.4, 0.5) is 29.3 Å². The molecule has 27 heavy (non-hydrogen) atoms. The fraction of sp³-hybridized carbons (Fsp3) is 0.176. The molecule has 2 aromatic rings. The summed E-state index contributed by atoms with van der Waals surface area (Å²) in [6.07, 6.45) is 0.301. The van der Waals surface area contributed by atoms with Crippen molar-refractivity contribution in [1.82, 2.24) is 0 Å². The van der Waals surface area contributed by atoms with Crippen LogP contribution >= 0.6 is 11.8 Å². The Balaban J connectivity index is 1.76. The number of carbonyl (C=O) groups excluding carboxylic acids is 2. The highest BCUT2D eigenvalue weighted by atomic mass is 32.2. The van der Waals surface area contributed by atoms with Crippen LogP contribution in [0.15, 0.2) is 47.4 Å². The Morgan fingerprint density at radius 3 is 2.56 bits per heavy atom. The molecule has 0 saturated heterocycles. The number of nitrogens with one attached hydrogen (secondary N) is 1. The number of carbonyl (C=O) groups is 2. The zero-order chi connectivity index (χ0) is 19.4. The number of ether oxygens (including phenoxy) is 2. The number of halogens is 3. The van der Waals surface area contributed by atoms with Crippen molar-refractivity contribution in [2.24, 2.45) is 0 Å². The first kappa shape index (κ1) is 18.9. The summed E-state index contributed by atoms with van der Waals surface area (Å²) in [6.45, 7) is 0.740. The maximum Gasteiger partial charge on any atom is 0.446 e. The van der Waals surface area contributed by atoms with Crippen molar-refractivity contribution >= 4 is 35.6 Å². The van der Waals surface area contributed by atoms with Crippen molar-refractivity contribution < 1.29 is 32.2 Å². The molecule has 1 N–H and O–H groups in total. The third-order valence-electron chi connectivity index (χ3n) is 3.45. The summed E-state index contributed by atoms with van der Waals surface area (Å²) in [5.74, 6) is 0.884. The summed E-state index contributed by atoms with van der Waals surface area (Å²) >= 11 is -0.297. The number of urea groups is 1. The predicted octanol–water partition coefficient (Wildman–Crippen LogP) is 4.26. The van der Waals surface area contributed by atoms with Crippen LogP contribution in [0.3, 0.4) is 0 Å². The number of benzene rings is 2. The van der Waals surface area contributed by atoms with Crippen LogP contribution in [0.5, 0.6) is 11.5 Å². The topological polar surface area (TPSA) is 67.9 Å². The van der Waals surface area contributed by atoms with E-state index in [0.717, 1.165) is 4.90 Å². The Morgan fingerprint density at radius 1 is 1.11 bits per heavy atom. The second kappa shape index (κ2) is 7.78. The number of hydrogen-bond donors (Lipinski definition) is 1. The molecule has 2 aromatic carbocycles. The van der Waals surface area contributed by atoms with Gasteiger partial charge in [-0.1, -0.05) is 6.07 Å². The standard InChI is InChI=1S/C17H13F3N2O4S/c18-17(19,20)27-13-3-1-2-11(8-13)21-16(24)22(10-23)12-4-5-14-15(9-12)26-7-6-25-14/h1-5,8-10H,6-7H2,(H,21,24). The molecule has 6 nitrogen and oxygen atoms in total. The first-order chi connectivity index (χ1) is 12.9. The molecule has 0 bridgehead atoms. The molecule has 0 unspecified atom stereocenters. The van der Waals surface area contributed by atoms with E-state index >= 15 is 0 Å². The van der Waals surface area contributed by atoms with Gasteiger partial charge in [0.05, 0.1) is 5.69 Å². The number of hydrogen-bond acceptors (Lipinski definition) is 5. The van der Waals surface area contributed by atoms with Gasteiger partial charge in [0.25, 0.3) is 0 Å². The number of nitrogens with zero attached hydrogens (tertiary/aromatic N) is 1. The maximum absolute atomic E-state index is 12.5. The summed E-state index contributed by atoms with van der Waals surface area (Å²) in [4.78, 5) is 24.5. The molecule has 1 aliphatic rings. The van der Waals surface area contributed by atoms with E-state index in [1.165, 1.54) is 36.4 Å². The Hall–Kier alpha value is -2.88. The zero-order valence-corrected chi connectivity index (χ0v) is 14.5. The number of thioether (sulfide) groups is 1. The lowest BCUT2D eigenvalue weighted by Crippen LogP contribution is -2.33. The third-order valence-corrected chi connectivity index (χ3v) is 4.17. The molecular formula is C17H13F3N2O4S. The molecule has 0 saturated carbocycles. The average Bonchev–Trinajstić information content (AvgIpc) is 2.61. The van der Waals surface area contributed by atoms with Gasteiger partial charge < -0.3 is 14.8 Å². The molecule has 0 fully saturated rings. The molecular weight excluding hydrogens is 385 g/mol. The summed E-state index contributed by atoms with van der Waals surface area (Å²) in [6, 6.07) is 8.94. The first-order valence-corrected chi connectivity index (χ1v) is 8.48. The van der Waals surface area contributed by atoms with Crippen LogP contribution in [0.25, 0.3) is 0 Å². The maximum atomic E-state index is 12.5. The van der Waals surface area contributed by atoms with Gasteiger partial charge in [-0.25, -0.2) is 9.69 Å². The van der Waals surface area contributed by atoms with E-state index in [-0.39, 0.29) is 28.0 Å². The molecule has 0 atom stereocenters. The number of anilines is 2. The van der Waals surface area contributed by atoms with E-state index in [1.807, 2.05) is 0 Å². The van der Waals surface area contributed by atoms with E-state index in [4.69, 9.17) is 9.47 Å². The molecule has 142 valence electrons. The zero-order valence-electron chi connectivity index (χ0n) is 13.7. The quantitative estimate of drug-likeness (QED) is 0.616.